The number of aryl methyl sites for hydroxylation is 1. The molecule has 7 heteroatoms. The van der Waals surface area contributed by atoms with Crippen molar-refractivity contribution in [3.8, 4) is 5.75 Å². The molecule has 1 aromatic carbocycles. The van der Waals surface area contributed by atoms with Crippen LogP contribution in [0.1, 0.15) is 51.5 Å². The summed E-state index contributed by atoms with van der Waals surface area (Å²) >= 11 is 0. The molecule has 0 aliphatic carbocycles. The molecule has 0 atom stereocenters. The maximum absolute atomic E-state index is 12.1. The maximum Gasteiger partial charge on any atom is 0.340 e. The molecular weight excluding hydrogens is 322 g/mol. The summed E-state index contributed by atoms with van der Waals surface area (Å²) in [5.41, 5.74) is 5.91. The molecule has 0 saturated carbocycles. The molecule has 3 N–H and O–H groups in total. The van der Waals surface area contributed by atoms with Crippen molar-refractivity contribution in [1.29, 1.82) is 0 Å². The number of phenolic OH excluding ortho intramolecular Hbond substituents is 1. The summed E-state index contributed by atoms with van der Waals surface area (Å²) in [5, 5.41) is 13.3. The third-order valence-electron chi connectivity index (χ3n) is 3.73. The smallest absolute Gasteiger partial charge is 0.340 e. The molecule has 0 saturated heterocycles. The van der Waals surface area contributed by atoms with Gasteiger partial charge in [0.15, 0.2) is 0 Å². The third-order valence-corrected chi connectivity index (χ3v) is 3.73. The van der Waals surface area contributed by atoms with Crippen molar-refractivity contribution in [3.05, 3.63) is 52.3 Å². The molecule has 1 amide bonds. The van der Waals surface area contributed by atoms with Gasteiger partial charge in [0, 0.05) is 11.3 Å². The summed E-state index contributed by atoms with van der Waals surface area (Å²) in [4.78, 5) is 27.2. The standard InChI is InChI=1S/C18H21N3O4/c1-5-25-18(24)15-10(2)16(19-11(15)3)12(4)20-21-17(23)13-6-8-14(22)9-7-13/h6-9,19,22H,5H2,1-4H3,(H,21,23)/b20-12+. The minimum atomic E-state index is -0.397. The monoisotopic (exact) mass is 343 g/mol. The Hall–Kier alpha value is -3.09. The van der Waals surface area contributed by atoms with Gasteiger partial charge in [0.05, 0.1) is 23.6 Å². The van der Waals surface area contributed by atoms with Gasteiger partial charge in [0.1, 0.15) is 5.75 Å². The van der Waals surface area contributed by atoms with Crippen LogP contribution in [0.5, 0.6) is 5.75 Å². The summed E-state index contributed by atoms with van der Waals surface area (Å²) in [6.45, 7) is 7.36. The summed E-state index contributed by atoms with van der Waals surface area (Å²) in [5.74, 6) is -0.702. The predicted molar refractivity (Wildman–Crippen MR) is 94.0 cm³/mol. The van der Waals surface area contributed by atoms with Gasteiger partial charge in [-0.3, -0.25) is 4.79 Å². The van der Waals surface area contributed by atoms with Crippen LogP contribution in [0, 0.1) is 13.8 Å². The fourth-order valence-electron chi connectivity index (χ4n) is 2.49. The second-order valence-corrected chi connectivity index (χ2v) is 5.53. The summed E-state index contributed by atoms with van der Waals surface area (Å²) < 4.78 is 5.06. The van der Waals surface area contributed by atoms with Crippen molar-refractivity contribution in [3.63, 3.8) is 0 Å². The van der Waals surface area contributed by atoms with Gasteiger partial charge >= 0.3 is 5.97 Å². The number of hydrazone groups is 1. The van der Waals surface area contributed by atoms with Crippen LogP contribution < -0.4 is 5.43 Å². The SMILES string of the molecule is CCOC(=O)c1c(C)[nH]c(/C(C)=N/NC(=O)c2ccc(O)cc2)c1C. The molecule has 0 fully saturated rings. The number of esters is 1. The van der Waals surface area contributed by atoms with E-state index in [0.29, 0.717) is 34.8 Å². The highest BCUT2D eigenvalue weighted by Gasteiger charge is 2.20. The Labute approximate surface area is 145 Å². The molecular formula is C18H21N3O4. The number of ether oxygens (including phenoxy) is 1. The molecule has 1 heterocycles. The maximum atomic E-state index is 12.1. The van der Waals surface area contributed by atoms with Crippen LogP contribution >= 0.6 is 0 Å². The van der Waals surface area contributed by atoms with E-state index in [1.807, 2.05) is 0 Å². The van der Waals surface area contributed by atoms with E-state index in [0.717, 1.165) is 5.56 Å². The van der Waals surface area contributed by atoms with E-state index in [1.54, 1.807) is 27.7 Å². The minimum Gasteiger partial charge on any atom is -0.508 e. The van der Waals surface area contributed by atoms with Crippen molar-refractivity contribution in [2.45, 2.75) is 27.7 Å². The van der Waals surface area contributed by atoms with Gasteiger partial charge in [-0.2, -0.15) is 5.10 Å². The number of nitrogens with one attached hydrogen (secondary N) is 2. The molecule has 0 aliphatic heterocycles. The van der Waals surface area contributed by atoms with Crippen LogP contribution in [-0.2, 0) is 4.74 Å². The van der Waals surface area contributed by atoms with Crippen molar-refractivity contribution >= 4 is 17.6 Å². The Kier molecular flexibility index (Phi) is 5.59. The topological polar surface area (TPSA) is 104 Å². The number of H-pyrrole nitrogens is 1. The van der Waals surface area contributed by atoms with E-state index in [2.05, 4.69) is 15.5 Å². The van der Waals surface area contributed by atoms with Crippen LogP contribution in [0.3, 0.4) is 0 Å². The Morgan fingerprint density at radius 1 is 1.24 bits per heavy atom. The number of benzene rings is 1. The normalized spacial score (nSPS) is 11.3. The van der Waals surface area contributed by atoms with Gasteiger partial charge in [-0.15, -0.1) is 0 Å². The van der Waals surface area contributed by atoms with Crippen molar-refractivity contribution in [1.82, 2.24) is 10.4 Å². The van der Waals surface area contributed by atoms with Gasteiger partial charge in [-0.25, -0.2) is 10.2 Å². The van der Waals surface area contributed by atoms with Crippen LogP contribution in [0.4, 0.5) is 0 Å². The first kappa shape index (κ1) is 18.3. The zero-order valence-electron chi connectivity index (χ0n) is 14.6. The number of hydrogen-bond donors (Lipinski definition) is 3. The zero-order valence-corrected chi connectivity index (χ0v) is 14.6. The first-order valence-electron chi connectivity index (χ1n) is 7.85. The van der Waals surface area contributed by atoms with Gasteiger partial charge in [0.25, 0.3) is 5.91 Å². The lowest BCUT2D eigenvalue weighted by Gasteiger charge is -2.04. The molecule has 25 heavy (non-hydrogen) atoms. The molecule has 0 aliphatic rings. The van der Waals surface area contributed by atoms with Gasteiger partial charge in [0.2, 0.25) is 0 Å². The van der Waals surface area contributed by atoms with E-state index in [4.69, 9.17) is 4.74 Å². The van der Waals surface area contributed by atoms with Gasteiger partial charge < -0.3 is 14.8 Å². The highest BCUT2D eigenvalue weighted by atomic mass is 16.5. The molecule has 7 nitrogen and oxygen atoms in total. The van der Waals surface area contributed by atoms with E-state index in [-0.39, 0.29) is 11.7 Å². The van der Waals surface area contributed by atoms with E-state index < -0.39 is 5.91 Å². The lowest BCUT2D eigenvalue weighted by molar-refractivity contribution is 0.0525. The lowest BCUT2D eigenvalue weighted by Crippen LogP contribution is -2.19. The number of hydrogen-bond acceptors (Lipinski definition) is 5. The molecule has 2 aromatic rings. The third kappa shape index (κ3) is 4.06. The summed E-state index contributed by atoms with van der Waals surface area (Å²) in [6.07, 6.45) is 0. The molecule has 132 valence electrons. The first-order valence-corrected chi connectivity index (χ1v) is 7.85. The molecule has 1 aromatic heterocycles. The fourth-order valence-corrected chi connectivity index (χ4v) is 2.49. The number of aromatic hydroxyl groups is 1. The Morgan fingerprint density at radius 3 is 2.48 bits per heavy atom. The van der Waals surface area contributed by atoms with Crippen molar-refractivity contribution < 1.29 is 19.4 Å². The van der Waals surface area contributed by atoms with Gasteiger partial charge in [-0.05, 0) is 57.5 Å². The average Bonchev–Trinajstić information content (AvgIpc) is 2.88. The number of aromatic nitrogens is 1. The fraction of sp³-hybridized carbons (Fsp3) is 0.278. The number of aromatic amines is 1. The highest BCUT2D eigenvalue weighted by molar-refractivity contribution is 6.04. The average molecular weight is 343 g/mol. The number of amides is 1. The summed E-state index contributed by atoms with van der Waals surface area (Å²) in [6, 6.07) is 5.85. The predicted octanol–water partition coefficient (Wildman–Crippen LogP) is 2.67. The van der Waals surface area contributed by atoms with Crippen LogP contribution in [0.2, 0.25) is 0 Å². The van der Waals surface area contributed by atoms with Gasteiger partial charge in [-0.1, -0.05) is 0 Å². The number of nitrogens with zero attached hydrogens (tertiary/aromatic N) is 1. The lowest BCUT2D eigenvalue weighted by atomic mass is 10.1. The van der Waals surface area contributed by atoms with E-state index in [1.165, 1.54) is 24.3 Å². The Morgan fingerprint density at radius 2 is 1.88 bits per heavy atom. The van der Waals surface area contributed by atoms with Crippen molar-refractivity contribution in [2.24, 2.45) is 5.10 Å². The minimum absolute atomic E-state index is 0.0835. The summed E-state index contributed by atoms with van der Waals surface area (Å²) in [7, 11) is 0. The first-order chi connectivity index (χ1) is 11.8. The van der Waals surface area contributed by atoms with E-state index in [9.17, 15) is 14.7 Å². The quantitative estimate of drug-likeness (QED) is 0.441. The van der Waals surface area contributed by atoms with E-state index >= 15 is 0 Å². The van der Waals surface area contributed by atoms with Crippen LogP contribution in [0.15, 0.2) is 29.4 Å². The van der Waals surface area contributed by atoms with Crippen LogP contribution in [0.25, 0.3) is 0 Å². The van der Waals surface area contributed by atoms with Crippen LogP contribution in [-0.4, -0.2) is 34.3 Å². The number of carbonyl (C=O) groups is 2. The van der Waals surface area contributed by atoms with Crippen molar-refractivity contribution in [2.75, 3.05) is 6.61 Å². The Balaban J connectivity index is 2.19. The number of phenols is 1. The second-order valence-electron chi connectivity index (χ2n) is 5.53. The molecule has 0 bridgehead atoms. The Bertz CT molecular complexity index is 820. The zero-order chi connectivity index (χ0) is 18.6. The molecule has 0 unspecified atom stereocenters. The number of rotatable bonds is 5. The molecule has 0 radical (unpaired) electrons. The number of carbonyl (C=O) groups excluding carboxylic acids is 2. The second kappa shape index (κ2) is 7.65. The molecule has 2 rings (SSSR count). The molecule has 0 spiro atoms. The highest BCUT2D eigenvalue weighted by Crippen LogP contribution is 2.19. The largest absolute Gasteiger partial charge is 0.508 e.